The molecule has 0 spiro atoms. The minimum Gasteiger partial charge on any atom is -0.457 e. The smallest absolute Gasteiger partial charge is 0.338 e. The van der Waals surface area contributed by atoms with Crippen LogP contribution in [0.4, 0.5) is 5.69 Å². The van der Waals surface area contributed by atoms with E-state index in [4.69, 9.17) is 4.74 Å². The van der Waals surface area contributed by atoms with Crippen LogP contribution >= 0.6 is 0 Å². The fourth-order valence-corrected chi connectivity index (χ4v) is 3.05. The maximum Gasteiger partial charge on any atom is 0.338 e. The molecular weight excluding hydrogens is 272 g/mol. The monoisotopic (exact) mass is 288 g/mol. The van der Waals surface area contributed by atoms with E-state index < -0.39 is 10.9 Å². The lowest BCUT2D eigenvalue weighted by atomic mass is 10.1. The van der Waals surface area contributed by atoms with Crippen LogP contribution in [0.15, 0.2) is 36.4 Å². The first-order valence-corrected chi connectivity index (χ1v) is 6.89. The van der Waals surface area contributed by atoms with Gasteiger partial charge in [-0.15, -0.1) is 0 Å². The van der Waals surface area contributed by atoms with Crippen LogP contribution in [-0.4, -0.2) is 41.0 Å². The maximum absolute atomic E-state index is 12.0. The summed E-state index contributed by atoms with van der Waals surface area (Å²) in [4.78, 5) is 24.4. The highest BCUT2D eigenvalue weighted by Gasteiger charge is 2.38. The lowest BCUT2D eigenvalue weighted by Crippen LogP contribution is -2.25. The number of benzene rings is 1. The number of carbonyl (C=O) groups is 1. The zero-order chi connectivity index (χ0) is 15.0. The highest BCUT2D eigenvalue weighted by molar-refractivity contribution is 5.89. The molecule has 2 aliphatic rings. The van der Waals surface area contributed by atoms with Gasteiger partial charge in [0.2, 0.25) is 0 Å². The third-order valence-electron chi connectivity index (χ3n) is 4.03. The number of esters is 1. The molecule has 0 bridgehead atoms. The lowest BCUT2D eigenvalue weighted by Gasteiger charge is -2.14. The average molecular weight is 288 g/mol. The Hall–Kier alpha value is -2.21. The van der Waals surface area contributed by atoms with E-state index in [0.717, 1.165) is 25.9 Å². The van der Waals surface area contributed by atoms with Crippen LogP contribution in [0.2, 0.25) is 0 Å². The molecule has 6 heteroatoms. The summed E-state index contributed by atoms with van der Waals surface area (Å²) in [6.07, 6.45) is 1.70. The Bertz CT molecular complexity index is 580. The zero-order valence-corrected chi connectivity index (χ0v) is 11.5. The molecule has 2 fully saturated rings. The molecule has 1 aromatic rings. The van der Waals surface area contributed by atoms with E-state index in [-0.39, 0.29) is 11.8 Å². The summed E-state index contributed by atoms with van der Waals surface area (Å²) >= 11 is 0. The fraction of sp³-hybridized carbons (Fsp3) is 0.400. The average Bonchev–Trinajstić information content (AvgIpc) is 2.95. The topological polar surface area (TPSA) is 72.7 Å². The highest BCUT2D eigenvalue weighted by atomic mass is 16.6. The van der Waals surface area contributed by atoms with Gasteiger partial charge in [0, 0.05) is 37.7 Å². The molecule has 2 heterocycles. The Morgan fingerprint density at radius 2 is 2.10 bits per heavy atom. The summed E-state index contributed by atoms with van der Waals surface area (Å²) in [6.45, 7) is 5.61. The zero-order valence-electron chi connectivity index (χ0n) is 11.5. The van der Waals surface area contributed by atoms with Gasteiger partial charge in [-0.1, -0.05) is 12.2 Å². The van der Waals surface area contributed by atoms with E-state index in [1.165, 1.54) is 29.8 Å². The first kappa shape index (κ1) is 13.8. The molecule has 0 aromatic heterocycles. The van der Waals surface area contributed by atoms with Crippen LogP contribution in [0.25, 0.3) is 0 Å². The van der Waals surface area contributed by atoms with Crippen molar-refractivity contribution in [3.8, 4) is 0 Å². The number of fused-ring (bicyclic) bond motifs is 1. The van der Waals surface area contributed by atoms with Crippen molar-refractivity contribution in [2.45, 2.75) is 25.0 Å². The van der Waals surface area contributed by atoms with E-state index in [2.05, 4.69) is 11.5 Å². The summed E-state index contributed by atoms with van der Waals surface area (Å²) < 4.78 is 5.49. The molecule has 0 N–H and O–H groups in total. The van der Waals surface area contributed by atoms with Crippen molar-refractivity contribution in [1.29, 1.82) is 0 Å². The van der Waals surface area contributed by atoms with Crippen molar-refractivity contribution < 1.29 is 14.5 Å². The SMILES string of the molecule is C=C1CC2CC(OC(=O)c3ccc([N+](=O)[O-])cc3)CN2C1. The van der Waals surface area contributed by atoms with E-state index in [1.54, 1.807) is 0 Å². The van der Waals surface area contributed by atoms with Crippen molar-refractivity contribution in [3.63, 3.8) is 0 Å². The van der Waals surface area contributed by atoms with Crippen LogP contribution in [0.3, 0.4) is 0 Å². The molecule has 1 aromatic carbocycles. The van der Waals surface area contributed by atoms with Crippen LogP contribution in [-0.2, 0) is 4.74 Å². The molecular formula is C15H16N2O4. The van der Waals surface area contributed by atoms with E-state index in [9.17, 15) is 14.9 Å². The van der Waals surface area contributed by atoms with Gasteiger partial charge in [0.15, 0.2) is 0 Å². The van der Waals surface area contributed by atoms with Gasteiger partial charge in [-0.25, -0.2) is 4.79 Å². The third kappa shape index (κ3) is 2.80. The summed E-state index contributed by atoms with van der Waals surface area (Å²) in [7, 11) is 0. The molecule has 2 saturated heterocycles. The lowest BCUT2D eigenvalue weighted by molar-refractivity contribution is -0.384. The van der Waals surface area contributed by atoms with Crippen molar-refractivity contribution in [1.82, 2.24) is 4.90 Å². The minimum atomic E-state index is -0.493. The van der Waals surface area contributed by atoms with Crippen molar-refractivity contribution in [3.05, 3.63) is 52.1 Å². The van der Waals surface area contributed by atoms with Gasteiger partial charge in [0.1, 0.15) is 6.10 Å². The van der Waals surface area contributed by atoms with Crippen LogP contribution in [0, 0.1) is 10.1 Å². The van der Waals surface area contributed by atoms with Crippen molar-refractivity contribution in [2.24, 2.45) is 0 Å². The predicted octanol–water partition coefficient (Wildman–Crippen LogP) is 2.15. The predicted molar refractivity (Wildman–Crippen MR) is 76.0 cm³/mol. The first-order chi connectivity index (χ1) is 10.0. The summed E-state index contributed by atoms with van der Waals surface area (Å²) in [5.74, 6) is -0.421. The number of hydrogen-bond donors (Lipinski definition) is 0. The Balaban J connectivity index is 1.60. The normalized spacial score (nSPS) is 24.9. The number of carbonyl (C=O) groups excluding carboxylic acids is 1. The first-order valence-electron chi connectivity index (χ1n) is 6.89. The third-order valence-corrected chi connectivity index (χ3v) is 4.03. The summed E-state index contributed by atoms with van der Waals surface area (Å²) in [5.41, 5.74) is 1.55. The molecule has 2 aliphatic heterocycles. The van der Waals surface area contributed by atoms with Crippen molar-refractivity contribution in [2.75, 3.05) is 13.1 Å². The second-order valence-electron chi connectivity index (χ2n) is 5.60. The van der Waals surface area contributed by atoms with Crippen LogP contribution < -0.4 is 0 Å². The Morgan fingerprint density at radius 1 is 1.38 bits per heavy atom. The quantitative estimate of drug-likeness (QED) is 0.369. The maximum atomic E-state index is 12.0. The standard InChI is InChI=1S/C15H16N2O4/c1-10-6-13-7-14(9-16(13)8-10)21-15(18)11-2-4-12(5-3-11)17(19)20/h2-5,13-14H,1,6-9H2. The molecule has 0 radical (unpaired) electrons. The number of non-ortho nitro benzene ring substituents is 1. The van der Waals surface area contributed by atoms with Gasteiger partial charge in [0.25, 0.3) is 5.69 Å². The van der Waals surface area contributed by atoms with Crippen molar-refractivity contribution >= 4 is 11.7 Å². The Labute approximate surface area is 122 Å². The fourth-order valence-electron chi connectivity index (χ4n) is 3.05. The Morgan fingerprint density at radius 3 is 2.71 bits per heavy atom. The summed E-state index contributed by atoms with van der Waals surface area (Å²) in [6, 6.07) is 5.92. The molecule has 3 rings (SSSR count). The van der Waals surface area contributed by atoms with E-state index in [1.807, 2.05) is 0 Å². The van der Waals surface area contributed by atoms with Gasteiger partial charge in [-0.05, 0) is 18.6 Å². The molecule has 6 nitrogen and oxygen atoms in total. The van der Waals surface area contributed by atoms with Gasteiger partial charge >= 0.3 is 5.97 Å². The van der Waals surface area contributed by atoms with E-state index in [0.29, 0.717) is 11.6 Å². The van der Waals surface area contributed by atoms with Gasteiger partial charge in [-0.3, -0.25) is 15.0 Å². The highest BCUT2D eigenvalue weighted by Crippen LogP contribution is 2.31. The molecule has 2 atom stereocenters. The minimum absolute atomic E-state index is 0.0356. The Kier molecular flexibility index (Phi) is 3.47. The number of rotatable bonds is 3. The number of nitro groups is 1. The van der Waals surface area contributed by atoms with Gasteiger partial charge in [0.05, 0.1) is 10.5 Å². The van der Waals surface area contributed by atoms with Crippen LogP contribution in [0.5, 0.6) is 0 Å². The second kappa shape index (κ2) is 5.29. The summed E-state index contributed by atoms with van der Waals surface area (Å²) in [5, 5.41) is 10.6. The van der Waals surface area contributed by atoms with Gasteiger partial charge < -0.3 is 4.74 Å². The largest absolute Gasteiger partial charge is 0.457 e. The molecule has 0 saturated carbocycles. The van der Waals surface area contributed by atoms with E-state index >= 15 is 0 Å². The molecule has 0 aliphatic carbocycles. The number of hydrogen-bond acceptors (Lipinski definition) is 5. The van der Waals surface area contributed by atoms with Gasteiger partial charge in [-0.2, -0.15) is 0 Å². The molecule has 2 unspecified atom stereocenters. The second-order valence-corrected chi connectivity index (χ2v) is 5.60. The number of ether oxygens (including phenoxy) is 1. The number of nitro benzene ring substituents is 1. The molecule has 110 valence electrons. The molecule has 0 amide bonds. The van der Waals surface area contributed by atoms with Crippen LogP contribution in [0.1, 0.15) is 23.2 Å². The number of nitrogens with zero attached hydrogens (tertiary/aromatic N) is 2. The molecule has 21 heavy (non-hydrogen) atoms.